The molecule has 0 heterocycles. The number of nitrogens with two attached hydrogens (primary N) is 1. The number of phenols is 2. The lowest BCUT2D eigenvalue weighted by Gasteiger charge is -2.02. The van der Waals surface area contributed by atoms with Crippen molar-refractivity contribution >= 4 is 10.3 Å². The largest absolute Gasteiger partial charge is 0.504 e. The van der Waals surface area contributed by atoms with E-state index < -0.39 is 16.1 Å². The first-order valence-corrected chi connectivity index (χ1v) is 4.60. The van der Waals surface area contributed by atoms with Gasteiger partial charge in [0, 0.05) is 6.07 Å². The fourth-order valence-electron chi connectivity index (χ4n) is 0.689. The van der Waals surface area contributed by atoms with E-state index in [0.717, 1.165) is 18.2 Å². The molecule has 0 amide bonds. The lowest BCUT2D eigenvalue weighted by molar-refractivity contribution is 0.400. The highest BCUT2D eigenvalue weighted by atomic mass is 32.2. The number of phenolic OH excluding ortho intramolecular Hbond substituents is 2. The van der Waals surface area contributed by atoms with Gasteiger partial charge in [-0.1, -0.05) is 0 Å². The fraction of sp³-hybridized carbons (Fsp3) is 0. The van der Waals surface area contributed by atoms with E-state index >= 15 is 0 Å². The van der Waals surface area contributed by atoms with Crippen LogP contribution in [0, 0.1) is 0 Å². The topological polar surface area (TPSA) is 110 Å². The quantitative estimate of drug-likeness (QED) is 0.573. The van der Waals surface area contributed by atoms with Crippen LogP contribution in [0.2, 0.25) is 0 Å². The molecule has 0 aliphatic rings. The van der Waals surface area contributed by atoms with Gasteiger partial charge in [0.2, 0.25) is 0 Å². The highest BCUT2D eigenvalue weighted by Crippen LogP contribution is 2.28. The van der Waals surface area contributed by atoms with Crippen LogP contribution >= 0.6 is 0 Å². The van der Waals surface area contributed by atoms with Gasteiger partial charge in [0.25, 0.3) is 0 Å². The number of hydrogen-bond donors (Lipinski definition) is 3. The molecule has 1 aromatic carbocycles. The molecule has 0 aromatic heterocycles. The molecule has 7 heteroatoms. The number of rotatable bonds is 2. The Morgan fingerprint density at radius 1 is 1.23 bits per heavy atom. The predicted octanol–water partition coefficient (Wildman–Crippen LogP) is -0.320. The van der Waals surface area contributed by atoms with Crippen LogP contribution in [0.5, 0.6) is 17.2 Å². The zero-order valence-electron chi connectivity index (χ0n) is 6.34. The van der Waals surface area contributed by atoms with Crippen LogP contribution in [-0.4, -0.2) is 18.6 Å². The van der Waals surface area contributed by atoms with Crippen LogP contribution in [0.1, 0.15) is 0 Å². The Morgan fingerprint density at radius 3 is 2.31 bits per heavy atom. The molecule has 0 bridgehead atoms. The van der Waals surface area contributed by atoms with E-state index in [2.05, 4.69) is 9.32 Å². The Morgan fingerprint density at radius 2 is 1.85 bits per heavy atom. The second-order valence-corrected chi connectivity index (χ2v) is 3.38. The van der Waals surface area contributed by atoms with Gasteiger partial charge in [-0.2, -0.15) is 13.6 Å². The maximum atomic E-state index is 10.4. The highest BCUT2D eigenvalue weighted by Gasteiger charge is 2.07. The summed E-state index contributed by atoms with van der Waals surface area (Å²) in [7, 11) is -4.10. The molecule has 0 atom stereocenters. The highest BCUT2D eigenvalue weighted by molar-refractivity contribution is 7.84. The SMILES string of the molecule is NS(=O)(=O)Oc1ccc(O)c(O)c1. The van der Waals surface area contributed by atoms with E-state index in [-0.39, 0.29) is 11.5 Å². The smallest absolute Gasteiger partial charge is 0.380 e. The van der Waals surface area contributed by atoms with Crippen molar-refractivity contribution in [3.05, 3.63) is 18.2 Å². The van der Waals surface area contributed by atoms with E-state index in [9.17, 15) is 8.42 Å². The first kappa shape index (κ1) is 9.62. The summed E-state index contributed by atoms with van der Waals surface area (Å²) in [5, 5.41) is 22.3. The molecular weight excluding hydrogens is 198 g/mol. The number of benzene rings is 1. The van der Waals surface area contributed by atoms with Gasteiger partial charge in [-0.3, -0.25) is 0 Å². The minimum Gasteiger partial charge on any atom is -0.504 e. The summed E-state index contributed by atoms with van der Waals surface area (Å²) in [6.07, 6.45) is 0. The minimum atomic E-state index is -4.10. The fourth-order valence-corrected chi connectivity index (χ4v) is 1.06. The van der Waals surface area contributed by atoms with Crippen molar-refractivity contribution in [3.8, 4) is 17.2 Å². The summed E-state index contributed by atoms with van der Waals surface area (Å²) in [5.41, 5.74) is 0. The second kappa shape index (κ2) is 3.11. The lowest BCUT2D eigenvalue weighted by atomic mass is 10.3. The Balaban J connectivity index is 2.99. The Bertz CT molecular complexity index is 413. The molecule has 0 fully saturated rings. The van der Waals surface area contributed by atoms with E-state index in [4.69, 9.17) is 10.2 Å². The molecule has 6 nitrogen and oxygen atoms in total. The van der Waals surface area contributed by atoms with Crippen molar-refractivity contribution in [2.75, 3.05) is 0 Å². The molecule has 1 rings (SSSR count). The standard InChI is InChI=1S/C6H7NO5S/c7-13(10,11)12-4-1-2-5(8)6(9)3-4/h1-3,8-9H,(H2,7,10,11). The predicted molar refractivity (Wildman–Crippen MR) is 43.5 cm³/mol. The molecule has 4 N–H and O–H groups in total. The zero-order chi connectivity index (χ0) is 10.1. The summed E-state index contributed by atoms with van der Waals surface area (Å²) < 4.78 is 25.0. The third-order valence-electron chi connectivity index (χ3n) is 1.16. The van der Waals surface area contributed by atoms with Gasteiger partial charge in [-0.25, -0.2) is 0 Å². The van der Waals surface area contributed by atoms with Gasteiger partial charge < -0.3 is 14.4 Å². The van der Waals surface area contributed by atoms with Crippen LogP contribution in [0.3, 0.4) is 0 Å². The van der Waals surface area contributed by atoms with Gasteiger partial charge in [-0.15, -0.1) is 0 Å². The van der Waals surface area contributed by atoms with Crippen molar-refractivity contribution in [1.29, 1.82) is 0 Å². The van der Waals surface area contributed by atoms with Crippen molar-refractivity contribution in [3.63, 3.8) is 0 Å². The lowest BCUT2D eigenvalue weighted by Crippen LogP contribution is -2.18. The summed E-state index contributed by atoms with van der Waals surface area (Å²) in [6.45, 7) is 0. The molecule has 13 heavy (non-hydrogen) atoms. The maximum absolute atomic E-state index is 10.4. The summed E-state index contributed by atoms with van der Waals surface area (Å²) in [4.78, 5) is 0. The summed E-state index contributed by atoms with van der Waals surface area (Å²) in [6, 6.07) is 3.16. The normalized spacial score (nSPS) is 11.2. The molecular formula is C6H7NO5S. The molecule has 0 saturated carbocycles. The number of hydrogen-bond acceptors (Lipinski definition) is 5. The Hall–Kier alpha value is -1.47. The van der Waals surface area contributed by atoms with Crippen molar-refractivity contribution in [2.24, 2.45) is 5.14 Å². The van der Waals surface area contributed by atoms with Crippen LogP contribution in [0.4, 0.5) is 0 Å². The van der Waals surface area contributed by atoms with Gasteiger partial charge in [0.15, 0.2) is 11.5 Å². The van der Waals surface area contributed by atoms with E-state index in [1.807, 2.05) is 0 Å². The molecule has 0 spiro atoms. The molecule has 0 saturated heterocycles. The average molecular weight is 205 g/mol. The first-order valence-electron chi connectivity index (χ1n) is 3.13. The van der Waals surface area contributed by atoms with Crippen LogP contribution in [-0.2, 0) is 10.3 Å². The zero-order valence-corrected chi connectivity index (χ0v) is 7.15. The van der Waals surface area contributed by atoms with Crippen LogP contribution < -0.4 is 9.32 Å². The molecule has 0 aliphatic carbocycles. The third kappa shape index (κ3) is 2.80. The van der Waals surface area contributed by atoms with Crippen molar-refractivity contribution in [2.45, 2.75) is 0 Å². The Kier molecular flexibility index (Phi) is 2.30. The van der Waals surface area contributed by atoms with Crippen molar-refractivity contribution < 1.29 is 22.8 Å². The molecule has 0 aliphatic heterocycles. The molecule has 0 radical (unpaired) electrons. The maximum Gasteiger partial charge on any atom is 0.380 e. The van der Waals surface area contributed by atoms with E-state index in [1.165, 1.54) is 0 Å². The summed E-state index contributed by atoms with van der Waals surface area (Å²) >= 11 is 0. The third-order valence-corrected chi connectivity index (χ3v) is 1.58. The van der Waals surface area contributed by atoms with Crippen LogP contribution in [0.15, 0.2) is 18.2 Å². The van der Waals surface area contributed by atoms with Gasteiger partial charge in [0.1, 0.15) is 5.75 Å². The number of aromatic hydroxyl groups is 2. The van der Waals surface area contributed by atoms with Crippen molar-refractivity contribution in [1.82, 2.24) is 0 Å². The summed E-state index contributed by atoms with van der Waals surface area (Å²) in [5.74, 6) is -1.03. The van der Waals surface area contributed by atoms with Crippen LogP contribution in [0.25, 0.3) is 0 Å². The molecule has 1 aromatic rings. The van der Waals surface area contributed by atoms with Gasteiger partial charge in [0.05, 0.1) is 0 Å². The van der Waals surface area contributed by atoms with E-state index in [1.54, 1.807) is 0 Å². The molecule has 0 unspecified atom stereocenters. The first-order chi connectivity index (χ1) is 5.88. The van der Waals surface area contributed by atoms with E-state index in [0.29, 0.717) is 0 Å². The Labute approximate surface area is 74.4 Å². The monoisotopic (exact) mass is 205 g/mol. The minimum absolute atomic E-state index is 0.169. The van der Waals surface area contributed by atoms with Gasteiger partial charge >= 0.3 is 10.3 Å². The second-order valence-electron chi connectivity index (χ2n) is 2.23. The average Bonchev–Trinajstić information content (AvgIpc) is 1.94. The van der Waals surface area contributed by atoms with Gasteiger partial charge in [-0.05, 0) is 12.1 Å². The molecule has 72 valence electrons.